The SMILES string of the molecule is Cc1ccc(C2=C(N3CCCCC3)C(=O)N(c3ccc(S(N)(=O)=O)cc3)C2=O)cc1. The summed E-state index contributed by atoms with van der Waals surface area (Å²) in [6.07, 6.45) is 3.04. The summed E-state index contributed by atoms with van der Waals surface area (Å²) in [4.78, 5) is 29.9. The fourth-order valence-corrected chi connectivity index (χ4v) is 4.44. The van der Waals surface area contributed by atoms with E-state index in [1.165, 1.54) is 24.3 Å². The van der Waals surface area contributed by atoms with Crippen molar-refractivity contribution in [2.24, 2.45) is 5.14 Å². The maximum atomic E-state index is 13.4. The van der Waals surface area contributed by atoms with Crippen LogP contribution in [-0.2, 0) is 19.6 Å². The predicted octanol–water partition coefficient (Wildman–Crippen LogP) is 2.41. The van der Waals surface area contributed by atoms with E-state index in [1.807, 2.05) is 36.1 Å². The number of anilines is 1. The van der Waals surface area contributed by atoms with Crippen LogP contribution in [0.15, 0.2) is 59.1 Å². The zero-order valence-corrected chi connectivity index (χ0v) is 17.5. The third kappa shape index (κ3) is 3.64. The maximum absolute atomic E-state index is 13.4. The van der Waals surface area contributed by atoms with Crippen LogP contribution in [0.1, 0.15) is 30.4 Å². The molecule has 4 rings (SSSR count). The number of carbonyl (C=O) groups is 2. The summed E-state index contributed by atoms with van der Waals surface area (Å²) in [5.41, 5.74) is 2.87. The minimum Gasteiger partial charge on any atom is -0.366 e. The highest BCUT2D eigenvalue weighted by molar-refractivity contribution is 7.89. The number of hydrogen-bond acceptors (Lipinski definition) is 5. The number of amides is 2. The second kappa shape index (κ2) is 7.70. The fraction of sp³-hybridized carbons (Fsp3) is 0.273. The molecule has 1 saturated heterocycles. The van der Waals surface area contributed by atoms with Gasteiger partial charge in [0.05, 0.1) is 16.2 Å². The first-order valence-corrected chi connectivity index (χ1v) is 11.4. The summed E-state index contributed by atoms with van der Waals surface area (Å²) in [5, 5.41) is 5.15. The molecule has 7 nitrogen and oxygen atoms in total. The quantitative estimate of drug-likeness (QED) is 0.758. The van der Waals surface area contributed by atoms with E-state index >= 15 is 0 Å². The van der Waals surface area contributed by atoms with Crippen molar-refractivity contribution in [3.63, 3.8) is 0 Å². The number of benzene rings is 2. The zero-order valence-electron chi connectivity index (χ0n) is 16.7. The number of likely N-dealkylation sites (tertiary alicyclic amines) is 1. The Morgan fingerprint density at radius 3 is 2.00 bits per heavy atom. The van der Waals surface area contributed by atoms with Crippen LogP contribution in [0, 0.1) is 6.92 Å². The minimum absolute atomic E-state index is 0.0756. The molecule has 8 heteroatoms. The second-order valence-corrected chi connectivity index (χ2v) is 9.18. The van der Waals surface area contributed by atoms with E-state index in [9.17, 15) is 18.0 Å². The topological polar surface area (TPSA) is 101 Å². The van der Waals surface area contributed by atoms with Crippen molar-refractivity contribution >= 4 is 33.1 Å². The Kier molecular flexibility index (Phi) is 5.21. The van der Waals surface area contributed by atoms with Crippen molar-refractivity contribution < 1.29 is 18.0 Å². The van der Waals surface area contributed by atoms with Gasteiger partial charge in [0.2, 0.25) is 10.0 Å². The zero-order chi connectivity index (χ0) is 21.5. The molecule has 0 unspecified atom stereocenters. The summed E-state index contributed by atoms with van der Waals surface area (Å²) in [6, 6.07) is 13.0. The predicted molar refractivity (Wildman–Crippen MR) is 114 cm³/mol. The lowest BCUT2D eigenvalue weighted by Gasteiger charge is -2.29. The van der Waals surface area contributed by atoms with E-state index in [1.54, 1.807) is 0 Å². The Bertz CT molecular complexity index is 1130. The molecular formula is C22H23N3O4S. The number of aryl methyl sites for hydroxylation is 1. The molecule has 0 aromatic heterocycles. The normalized spacial score (nSPS) is 17.8. The molecule has 0 atom stereocenters. The molecule has 0 radical (unpaired) electrons. The number of nitrogens with zero attached hydrogens (tertiary/aromatic N) is 2. The monoisotopic (exact) mass is 425 g/mol. The third-order valence-electron chi connectivity index (χ3n) is 5.50. The van der Waals surface area contributed by atoms with Gasteiger partial charge in [0.15, 0.2) is 0 Å². The lowest BCUT2D eigenvalue weighted by Crippen LogP contribution is -2.37. The largest absolute Gasteiger partial charge is 0.366 e. The van der Waals surface area contributed by atoms with E-state index < -0.39 is 15.9 Å². The Balaban J connectivity index is 1.78. The third-order valence-corrected chi connectivity index (χ3v) is 6.42. The second-order valence-electron chi connectivity index (χ2n) is 7.62. The van der Waals surface area contributed by atoms with Gasteiger partial charge in [-0.05, 0) is 56.0 Å². The average Bonchev–Trinajstić information content (AvgIpc) is 2.99. The number of hydrogen-bond donors (Lipinski definition) is 1. The van der Waals surface area contributed by atoms with Gasteiger partial charge in [-0.2, -0.15) is 0 Å². The lowest BCUT2D eigenvalue weighted by atomic mass is 10.0. The van der Waals surface area contributed by atoms with Crippen molar-refractivity contribution in [3.8, 4) is 0 Å². The molecule has 2 N–H and O–H groups in total. The van der Waals surface area contributed by atoms with Crippen molar-refractivity contribution in [2.75, 3.05) is 18.0 Å². The average molecular weight is 426 g/mol. The van der Waals surface area contributed by atoms with Crippen LogP contribution in [0.25, 0.3) is 5.57 Å². The van der Waals surface area contributed by atoms with Gasteiger partial charge >= 0.3 is 0 Å². The molecule has 2 aromatic rings. The minimum atomic E-state index is -3.86. The van der Waals surface area contributed by atoms with Crippen LogP contribution >= 0.6 is 0 Å². The molecule has 0 aliphatic carbocycles. The van der Waals surface area contributed by atoms with Crippen LogP contribution in [0.3, 0.4) is 0 Å². The summed E-state index contributed by atoms with van der Waals surface area (Å²) in [7, 11) is -3.86. The van der Waals surface area contributed by atoms with Gasteiger partial charge in [-0.3, -0.25) is 9.59 Å². The van der Waals surface area contributed by atoms with E-state index in [0.717, 1.165) is 42.8 Å². The maximum Gasteiger partial charge on any atom is 0.282 e. The van der Waals surface area contributed by atoms with Gasteiger partial charge in [0.25, 0.3) is 11.8 Å². The Hall–Kier alpha value is -2.97. The Labute approximate surface area is 175 Å². The molecule has 0 spiro atoms. The Morgan fingerprint density at radius 2 is 1.43 bits per heavy atom. The van der Waals surface area contributed by atoms with Crippen molar-refractivity contribution in [1.82, 2.24) is 4.90 Å². The molecule has 2 amide bonds. The first kappa shape index (κ1) is 20.3. The van der Waals surface area contributed by atoms with Gasteiger partial charge in [0.1, 0.15) is 5.70 Å². The molecule has 2 aliphatic rings. The van der Waals surface area contributed by atoms with Gasteiger partial charge in [-0.1, -0.05) is 29.8 Å². The van der Waals surface area contributed by atoms with Gasteiger partial charge in [-0.25, -0.2) is 18.5 Å². The molecule has 1 fully saturated rings. The number of imide groups is 1. The first-order valence-electron chi connectivity index (χ1n) is 9.85. The number of sulfonamides is 1. The molecule has 2 aliphatic heterocycles. The molecule has 2 aromatic carbocycles. The lowest BCUT2D eigenvalue weighted by molar-refractivity contribution is -0.120. The van der Waals surface area contributed by atoms with Gasteiger partial charge in [-0.15, -0.1) is 0 Å². The Morgan fingerprint density at radius 1 is 0.833 bits per heavy atom. The summed E-state index contributed by atoms with van der Waals surface area (Å²) >= 11 is 0. The van der Waals surface area contributed by atoms with E-state index in [0.29, 0.717) is 22.5 Å². The van der Waals surface area contributed by atoms with Gasteiger partial charge < -0.3 is 4.90 Å². The number of piperidine rings is 1. The number of carbonyl (C=O) groups excluding carboxylic acids is 2. The first-order chi connectivity index (χ1) is 14.3. The molecule has 156 valence electrons. The van der Waals surface area contributed by atoms with E-state index in [-0.39, 0.29) is 10.8 Å². The number of rotatable bonds is 4. The van der Waals surface area contributed by atoms with E-state index in [4.69, 9.17) is 5.14 Å². The highest BCUT2D eigenvalue weighted by Crippen LogP contribution is 2.36. The van der Waals surface area contributed by atoms with Crippen LogP contribution in [0.2, 0.25) is 0 Å². The van der Waals surface area contributed by atoms with E-state index in [2.05, 4.69) is 0 Å². The van der Waals surface area contributed by atoms with Crippen molar-refractivity contribution in [1.29, 1.82) is 0 Å². The van der Waals surface area contributed by atoms with Crippen LogP contribution < -0.4 is 10.0 Å². The van der Waals surface area contributed by atoms with Gasteiger partial charge in [0, 0.05) is 13.1 Å². The fourth-order valence-electron chi connectivity index (χ4n) is 3.93. The summed E-state index contributed by atoms with van der Waals surface area (Å²) < 4.78 is 23.1. The summed E-state index contributed by atoms with van der Waals surface area (Å²) in [6.45, 7) is 3.41. The summed E-state index contributed by atoms with van der Waals surface area (Å²) in [5.74, 6) is -0.798. The number of nitrogens with two attached hydrogens (primary N) is 1. The highest BCUT2D eigenvalue weighted by Gasteiger charge is 2.42. The molecule has 0 saturated carbocycles. The van der Waals surface area contributed by atoms with Crippen LogP contribution in [-0.4, -0.2) is 38.2 Å². The van der Waals surface area contributed by atoms with Crippen LogP contribution in [0.5, 0.6) is 0 Å². The van der Waals surface area contributed by atoms with Crippen molar-refractivity contribution in [2.45, 2.75) is 31.1 Å². The molecule has 2 heterocycles. The molecule has 30 heavy (non-hydrogen) atoms. The van der Waals surface area contributed by atoms with Crippen LogP contribution in [0.4, 0.5) is 5.69 Å². The van der Waals surface area contributed by atoms with Crippen molar-refractivity contribution in [3.05, 3.63) is 65.4 Å². The molecule has 0 bridgehead atoms. The molecular weight excluding hydrogens is 402 g/mol. The number of primary sulfonamides is 1. The smallest absolute Gasteiger partial charge is 0.282 e. The standard InChI is InChI=1S/C22H23N3O4S/c1-15-5-7-16(8-6-15)19-20(24-13-3-2-4-14-24)22(27)25(21(19)26)17-9-11-18(12-10-17)30(23,28)29/h5-12H,2-4,13-14H2,1H3,(H2,23,28,29). The highest BCUT2D eigenvalue weighted by atomic mass is 32.2.